The van der Waals surface area contributed by atoms with Gasteiger partial charge in [-0.2, -0.15) is 4.98 Å². The van der Waals surface area contributed by atoms with Crippen LogP contribution in [0.2, 0.25) is 0 Å². The number of ether oxygens (including phenoxy) is 2. The molecule has 10 atom stereocenters. The second-order valence-corrected chi connectivity index (χ2v) is 13.8. The number of nitrogen functional groups attached to an aromatic ring is 2. The molecule has 3 fully saturated rings. The summed E-state index contributed by atoms with van der Waals surface area (Å²) in [6.07, 6.45) is -0.527. The Morgan fingerprint density at radius 2 is 1.67 bits per heavy atom. The zero-order chi connectivity index (χ0) is 31.8. The van der Waals surface area contributed by atoms with Gasteiger partial charge in [0.1, 0.15) is 24.4 Å². The lowest BCUT2D eigenvalue weighted by atomic mass is 9.97. The van der Waals surface area contributed by atoms with Crippen LogP contribution >= 0.6 is 15.6 Å². The molecule has 45 heavy (non-hydrogen) atoms. The molecule has 0 aliphatic carbocycles. The van der Waals surface area contributed by atoms with Crippen LogP contribution in [0.25, 0.3) is 16.8 Å². The molecule has 7 N–H and O–H groups in total. The standard InChI is InChI=1S/C23H29N9O11P2/c1-9-12-6-38-44(34,35)42-16-10(2)15(11-5-27-20-18(24)26-3-4-31(11)20)40-13(16)7-39-45(36,37)43-17(9)22(41-12)32-8-28-14-19(32)29-23(25)30-21(14)33/h3-5,8-10,12-13,15-17,22H,6-7H2,1-2H3,(H2,24,26)(H,34,35)(H,36,37)(H3,25,29,30,33). The van der Waals surface area contributed by atoms with E-state index in [0.717, 1.165) is 0 Å². The predicted octanol–water partition coefficient (Wildman–Crippen LogP) is 0.654. The maximum atomic E-state index is 13.4. The summed E-state index contributed by atoms with van der Waals surface area (Å²) in [5, 5.41) is 0. The first-order chi connectivity index (χ1) is 21.3. The Morgan fingerprint density at radius 3 is 2.42 bits per heavy atom. The summed E-state index contributed by atoms with van der Waals surface area (Å²) in [6, 6.07) is 0. The number of phosphoric acid groups is 2. The van der Waals surface area contributed by atoms with E-state index in [4.69, 9.17) is 39.0 Å². The molecule has 2 bridgehead atoms. The van der Waals surface area contributed by atoms with Crippen LogP contribution in [0.1, 0.15) is 31.9 Å². The molecule has 22 heteroatoms. The summed E-state index contributed by atoms with van der Waals surface area (Å²) >= 11 is 0. The van der Waals surface area contributed by atoms with Gasteiger partial charge in [0.15, 0.2) is 28.9 Å². The van der Waals surface area contributed by atoms with Crippen LogP contribution in [0.5, 0.6) is 0 Å². The number of anilines is 2. The molecule has 0 saturated carbocycles. The van der Waals surface area contributed by atoms with E-state index in [2.05, 4.69) is 24.9 Å². The van der Waals surface area contributed by atoms with Crippen molar-refractivity contribution in [3.05, 3.63) is 41.0 Å². The molecule has 10 unspecified atom stereocenters. The highest BCUT2D eigenvalue weighted by Gasteiger charge is 2.52. The highest BCUT2D eigenvalue weighted by atomic mass is 31.2. The van der Waals surface area contributed by atoms with Crippen molar-refractivity contribution < 1.29 is 46.5 Å². The number of nitrogens with one attached hydrogen (secondary N) is 1. The van der Waals surface area contributed by atoms with E-state index in [1.807, 2.05) is 0 Å². The number of fused-ring (bicyclic) bond motifs is 5. The fourth-order valence-corrected chi connectivity index (χ4v) is 7.99. The van der Waals surface area contributed by atoms with Crippen molar-refractivity contribution in [3.63, 3.8) is 0 Å². The van der Waals surface area contributed by atoms with Gasteiger partial charge >= 0.3 is 15.6 Å². The van der Waals surface area contributed by atoms with Crippen molar-refractivity contribution in [1.29, 1.82) is 0 Å². The number of phosphoric ester groups is 2. The fraction of sp³-hybridized carbons (Fsp3) is 0.522. The van der Waals surface area contributed by atoms with Gasteiger partial charge in [-0.1, -0.05) is 13.8 Å². The van der Waals surface area contributed by atoms with Gasteiger partial charge in [-0.25, -0.2) is 24.1 Å². The van der Waals surface area contributed by atoms with E-state index < -0.39 is 83.0 Å². The minimum atomic E-state index is -4.86. The van der Waals surface area contributed by atoms with E-state index in [1.54, 1.807) is 24.4 Å². The van der Waals surface area contributed by atoms with Gasteiger partial charge < -0.3 is 30.7 Å². The number of nitrogens with two attached hydrogens (primary N) is 2. The zero-order valence-corrected chi connectivity index (χ0v) is 25.4. The third-order valence-electron chi connectivity index (χ3n) is 8.20. The van der Waals surface area contributed by atoms with Gasteiger partial charge in [-0.15, -0.1) is 0 Å². The number of imidazole rings is 2. The first-order valence-corrected chi connectivity index (χ1v) is 16.7. The maximum Gasteiger partial charge on any atom is 0.472 e. The van der Waals surface area contributed by atoms with E-state index in [9.17, 15) is 23.7 Å². The highest BCUT2D eigenvalue weighted by Crippen LogP contribution is 2.55. The molecule has 0 radical (unpaired) electrons. The minimum absolute atomic E-state index is 0.0155. The molecule has 20 nitrogen and oxygen atoms in total. The molecule has 3 aliphatic rings. The van der Waals surface area contributed by atoms with Crippen LogP contribution in [0.15, 0.2) is 29.7 Å². The van der Waals surface area contributed by atoms with Crippen LogP contribution in [0.4, 0.5) is 11.8 Å². The average molecular weight is 669 g/mol. The third-order valence-corrected chi connectivity index (χ3v) is 10.2. The third kappa shape index (κ3) is 5.36. The van der Waals surface area contributed by atoms with Gasteiger partial charge in [-0.3, -0.25) is 36.8 Å². The Hall–Kier alpha value is -3.29. The summed E-state index contributed by atoms with van der Waals surface area (Å²) in [5.41, 5.74) is 11.9. The number of aromatic amines is 1. The predicted molar refractivity (Wildman–Crippen MR) is 151 cm³/mol. The summed E-state index contributed by atoms with van der Waals surface area (Å²) in [5.74, 6) is -1.33. The first-order valence-electron chi connectivity index (χ1n) is 13.7. The Balaban J connectivity index is 1.21. The molecule has 7 rings (SSSR count). The molecule has 0 spiro atoms. The summed E-state index contributed by atoms with van der Waals surface area (Å²) < 4.78 is 63.9. The topological polar surface area (TPSA) is 276 Å². The van der Waals surface area contributed by atoms with Gasteiger partial charge in [0.25, 0.3) is 5.56 Å². The fourth-order valence-electron chi connectivity index (χ4n) is 5.95. The molecular formula is C23H29N9O11P2. The van der Waals surface area contributed by atoms with E-state index in [0.29, 0.717) is 11.3 Å². The molecule has 3 aliphatic heterocycles. The lowest BCUT2D eigenvalue weighted by Gasteiger charge is -2.26. The van der Waals surface area contributed by atoms with Gasteiger partial charge in [0.05, 0.1) is 37.5 Å². The molecule has 3 saturated heterocycles. The Bertz CT molecular complexity index is 1930. The average Bonchev–Trinajstić information content (AvgIpc) is 3.72. The molecule has 4 aromatic heterocycles. The van der Waals surface area contributed by atoms with Crippen molar-refractivity contribution in [2.45, 2.75) is 50.6 Å². The monoisotopic (exact) mass is 669 g/mol. The number of nitrogens with zero attached hydrogens (tertiary/aromatic N) is 6. The van der Waals surface area contributed by atoms with Crippen LogP contribution in [0, 0.1) is 11.8 Å². The summed E-state index contributed by atoms with van der Waals surface area (Å²) in [4.78, 5) is 52.8. The van der Waals surface area contributed by atoms with Crippen molar-refractivity contribution in [1.82, 2.24) is 33.9 Å². The Kier molecular flexibility index (Phi) is 7.36. The normalized spacial score (nSPS) is 37.7. The van der Waals surface area contributed by atoms with Gasteiger partial charge in [-0.05, 0) is 0 Å². The molecule has 4 aromatic rings. The molecule has 0 aromatic carbocycles. The van der Waals surface area contributed by atoms with Crippen LogP contribution in [-0.4, -0.2) is 81.3 Å². The number of H-pyrrole nitrogens is 1. The van der Waals surface area contributed by atoms with E-state index >= 15 is 0 Å². The second-order valence-electron chi connectivity index (χ2n) is 11.0. The summed E-state index contributed by atoms with van der Waals surface area (Å²) in [7, 11) is -9.63. The second kappa shape index (κ2) is 10.9. The number of hydrogen-bond acceptors (Lipinski definition) is 15. The lowest BCUT2D eigenvalue weighted by molar-refractivity contribution is -0.0627. The van der Waals surface area contributed by atoms with Gasteiger partial charge in [0.2, 0.25) is 5.95 Å². The maximum absolute atomic E-state index is 13.4. The van der Waals surface area contributed by atoms with E-state index in [-0.39, 0.29) is 22.9 Å². The lowest BCUT2D eigenvalue weighted by Crippen LogP contribution is -2.32. The molecule has 0 amide bonds. The van der Waals surface area contributed by atoms with E-state index in [1.165, 1.54) is 23.3 Å². The summed E-state index contributed by atoms with van der Waals surface area (Å²) in [6.45, 7) is 2.29. The zero-order valence-electron chi connectivity index (χ0n) is 23.6. The number of rotatable bonds is 2. The van der Waals surface area contributed by atoms with Crippen LogP contribution in [0.3, 0.4) is 0 Å². The highest BCUT2D eigenvalue weighted by molar-refractivity contribution is 7.47. The van der Waals surface area contributed by atoms with Crippen molar-refractivity contribution in [3.8, 4) is 0 Å². The van der Waals surface area contributed by atoms with Crippen molar-refractivity contribution >= 4 is 44.2 Å². The smallest absolute Gasteiger partial charge is 0.381 e. The minimum Gasteiger partial charge on any atom is -0.381 e. The molecule has 7 heterocycles. The SMILES string of the molecule is CC1C(c2cnc3c(N)nccn23)OC2COP(=O)(O)OC3C(C)C(COP(=O)(O)OC21)OC3n1cnc2c(=O)[nH]c(N)nc21. The van der Waals surface area contributed by atoms with Crippen LogP contribution in [-0.2, 0) is 36.7 Å². The quantitative estimate of drug-likeness (QED) is 0.183. The first kappa shape index (κ1) is 30.4. The van der Waals surface area contributed by atoms with Crippen molar-refractivity contribution in [2.75, 3.05) is 24.7 Å². The Labute approximate surface area is 252 Å². The van der Waals surface area contributed by atoms with Crippen LogP contribution < -0.4 is 17.0 Å². The molecular weight excluding hydrogens is 640 g/mol. The Morgan fingerprint density at radius 1 is 0.956 bits per heavy atom. The molecule has 242 valence electrons. The van der Waals surface area contributed by atoms with Crippen molar-refractivity contribution in [2.24, 2.45) is 11.8 Å². The van der Waals surface area contributed by atoms with Gasteiger partial charge in [0, 0.05) is 24.2 Å². The number of aromatic nitrogens is 7. The number of hydrogen-bond donors (Lipinski definition) is 5. The largest absolute Gasteiger partial charge is 0.472 e.